The smallest absolute Gasteiger partial charge is 0.408 e. The maximum atomic E-state index is 14.8. The highest BCUT2D eigenvalue weighted by molar-refractivity contribution is 7.94. The van der Waals surface area contributed by atoms with Gasteiger partial charge in [0.25, 0.3) is 11.8 Å². The number of hydrogen-bond donors (Lipinski definition) is 3. The molecule has 15 heteroatoms. The van der Waals surface area contributed by atoms with Crippen molar-refractivity contribution in [2.24, 2.45) is 11.7 Å². The lowest BCUT2D eigenvalue weighted by Crippen LogP contribution is -2.68. The monoisotopic (exact) mass is 773 g/mol. The predicted molar refractivity (Wildman–Crippen MR) is 203 cm³/mol. The first-order valence-corrected chi connectivity index (χ1v) is 20.2. The zero-order chi connectivity index (χ0) is 39.3. The maximum absolute atomic E-state index is 14.8. The number of nitrogens with two attached hydrogens (primary N) is 1. The van der Waals surface area contributed by atoms with Crippen molar-refractivity contribution in [1.82, 2.24) is 20.5 Å². The standard InChI is InChI=1S/C40H47N5O9S/c1-38(2,3)54-37(49)43-30-14-10-6-9-13-25-21-40(25,55(50,51)28-16-17-28)44-36(48)39(35(41)47)22-27(23-45(39)34(30)46)53-33-20-31(24-11-7-5-8-12-24)42-32-19-26(52-4)15-18-29(32)33/h5,7-9,11-13,15,18-20,25,27-28,30H,6,10,14,16-17,21-23H2,1-4H3,(H2,41,47)(H,43,49)(H,44,48)/b13-9+/t25-,27-,30+,39+,40-/m1/s1. The number of hydrogen-bond acceptors (Lipinski definition) is 10. The summed E-state index contributed by atoms with van der Waals surface area (Å²) in [6.07, 6.45) is 3.50. The van der Waals surface area contributed by atoms with E-state index in [4.69, 9.17) is 24.9 Å². The number of fused-ring (bicyclic) bond motifs is 3. The number of alkyl carbamates (subject to hydrolysis) is 1. The van der Waals surface area contributed by atoms with Crippen LogP contribution in [0.25, 0.3) is 22.2 Å². The average Bonchev–Trinajstić information content (AvgIpc) is 4.07. The zero-order valence-corrected chi connectivity index (χ0v) is 32.2. The van der Waals surface area contributed by atoms with E-state index in [1.807, 2.05) is 36.4 Å². The third kappa shape index (κ3) is 7.21. The fourth-order valence-electron chi connectivity index (χ4n) is 7.72. The van der Waals surface area contributed by atoms with Gasteiger partial charge in [0.1, 0.15) is 34.1 Å². The number of carbonyl (C=O) groups is 4. The quantitative estimate of drug-likeness (QED) is 0.221. The minimum absolute atomic E-state index is 0.133. The Bertz CT molecular complexity index is 2170. The van der Waals surface area contributed by atoms with Crippen LogP contribution < -0.4 is 25.8 Å². The second-order valence-corrected chi connectivity index (χ2v) is 18.3. The lowest BCUT2D eigenvalue weighted by Gasteiger charge is -2.37. The van der Waals surface area contributed by atoms with Crippen LogP contribution in [0.4, 0.5) is 4.79 Å². The van der Waals surface area contributed by atoms with Gasteiger partial charge in [-0.2, -0.15) is 0 Å². The van der Waals surface area contributed by atoms with Crippen molar-refractivity contribution < 1.29 is 41.8 Å². The largest absolute Gasteiger partial charge is 0.497 e. The molecule has 4 N–H and O–H groups in total. The van der Waals surface area contributed by atoms with Gasteiger partial charge in [0.2, 0.25) is 11.4 Å². The normalized spacial score (nSPS) is 27.6. The number of carbonyl (C=O) groups excluding carboxylic acids is 4. The molecule has 1 saturated heterocycles. The second-order valence-electron chi connectivity index (χ2n) is 15.8. The van der Waals surface area contributed by atoms with Gasteiger partial charge in [-0.1, -0.05) is 42.5 Å². The molecular weight excluding hydrogens is 727 g/mol. The minimum atomic E-state index is -3.87. The summed E-state index contributed by atoms with van der Waals surface area (Å²) in [6, 6.07) is 15.3. The van der Waals surface area contributed by atoms with Gasteiger partial charge in [0.15, 0.2) is 9.84 Å². The fourth-order valence-corrected chi connectivity index (χ4v) is 10.2. The highest BCUT2D eigenvalue weighted by atomic mass is 32.2. The SMILES string of the molecule is COc1ccc2c(O[C@H]3CN4C(=O)[C@@H](NC(=O)OC(C)(C)C)CCC/C=C/[C@@H]5C[C@]5(S(=O)(=O)C5CC5)NC(=O)[C@@]4(C(N)=O)C3)cc(-c3ccccc3)nc2c1. The lowest BCUT2D eigenvalue weighted by molar-refractivity contribution is -0.153. The molecule has 7 rings (SSSR count). The third-order valence-electron chi connectivity index (χ3n) is 10.7. The number of ether oxygens (including phenoxy) is 3. The van der Waals surface area contributed by atoms with Crippen LogP contribution in [0.3, 0.4) is 0 Å². The van der Waals surface area contributed by atoms with Crippen molar-refractivity contribution in [3.8, 4) is 22.8 Å². The number of pyridine rings is 1. The van der Waals surface area contributed by atoms with Crippen molar-refractivity contribution in [3.63, 3.8) is 0 Å². The molecule has 2 aromatic carbocycles. The van der Waals surface area contributed by atoms with Gasteiger partial charge in [-0.05, 0) is 71.4 Å². The van der Waals surface area contributed by atoms with Crippen LogP contribution in [-0.4, -0.2) is 89.2 Å². The first kappa shape index (κ1) is 38.1. The number of primary amides is 1. The van der Waals surface area contributed by atoms with Crippen molar-refractivity contribution in [1.29, 1.82) is 0 Å². The molecule has 2 aliphatic heterocycles. The molecule has 0 radical (unpaired) electrons. The van der Waals surface area contributed by atoms with E-state index in [1.54, 1.807) is 58.2 Å². The summed E-state index contributed by atoms with van der Waals surface area (Å²) < 4.78 is 45.5. The first-order valence-electron chi connectivity index (χ1n) is 18.6. The molecule has 0 bridgehead atoms. The Morgan fingerprint density at radius 1 is 1.04 bits per heavy atom. The molecule has 5 atom stereocenters. The average molecular weight is 774 g/mol. The van der Waals surface area contributed by atoms with Crippen LogP contribution in [0.5, 0.6) is 11.5 Å². The summed E-state index contributed by atoms with van der Waals surface area (Å²) in [6.45, 7) is 4.78. The molecule has 0 spiro atoms. The number of benzene rings is 2. The Morgan fingerprint density at radius 2 is 1.78 bits per heavy atom. The van der Waals surface area contributed by atoms with E-state index in [1.165, 1.54) is 0 Å². The lowest BCUT2D eigenvalue weighted by atomic mass is 9.92. The molecule has 0 unspecified atom stereocenters. The van der Waals surface area contributed by atoms with E-state index in [2.05, 4.69) is 10.6 Å². The van der Waals surface area contributed by atoms with Crippen molar-refractivity contribution in [2.75, 3.05) is 13.7 Å². The van der Waals surface area contributed by atoms with Gasteiger partial charge in [-0.15, -0.1) is 0 Å². The number of amides is 4. The summed E-state index contributed by atoms with van der Waals surface area (Å²) >= 11 is 0. The molecule has 55 heavy (non-hydrogen) atoms. The Hall–Kier alpha value is -5.18. The molecule has 3 aromatic rings. The molecule has 2 saturated carbocycles. The van der Waals surface area contributed by atoms with Gasteiger partial charge in [0.05, 0.1) is 30.1 Å². The Labute approximate surface area is 320 Å². The second kappa shape index (κ2) is 14.2. The summed E-state index contributed by atoms with van der Waals surface area (Å²) in [5.74, 6) is -2.52. The highest BCUT2D eigenvalue weighted by Crippen LogP contribution is 2.54. The van der Waals surface area contributed by atoms with Crippen molar-refractivity contribution >= 4 is 44.6 Å². The van der Waals surface area contributed by atoms with Crippen LogP contribution in [0.2, 0.25) is 0 Å². The molecular formula is C40H47N5O9S. The highest BCUT2D eigenvalue weighted by Gasteiger charge is 2.69. The summed E-state index contributed by atoms with van der Waals surface area (Å²) in [5, 5.41) is 5.42. The van der Waals surface area contributed by atoms with E-state index >= 15 is 0 Å². The number of rotatable bonds is 8. The Balaban J connectivity index is 1.31. The number of allylic oxidation sites excluding steroid dienone is 1. The molecule has 14 nitrogen and oxygen atoms in total. The number of methoxy groups -OCH3 is 1. The van der Waals surface area contributed by atoms with Crippen LogP contribution in [0.15, 0.2) is 66.7 Å². The minimum Gasteiger partial charge on any atom is -0.497 e. The number of nitrogens with one attached hydrogen (secondary N) is 2. The van der Waals surface area contributed by atoms with Crippen LogP contribution in [0, 0.1) is 5.92 Å². The van der Waals surface area contributed by atoms with E-state index in [-0.39, 0.29) is 25.8 Å². The topological polar surface area (TPSA) is 196 Å². The molecule has 4 amide bonds. The van der Waals surface area contributed by atoms with Crippen LogP contribution >= 0.6 is 0 Å². The van der Waals surface area contributed by atoms with Crippen LogP contribution in [-0.2, 0) is 29.0 Å². The van der Waals surface area contributed by atoms with Crippen LogP contribution in [0.1, 0.15) is 65.7 Å². The third-order valence-corrected chi connectivity index (χ3v) is 13.7. The maximum Gasteiger partial charge on any atom is 0.408 e. The van der Waals surface area contributed by atoms with Gasteiger partial charge in [-0.3, -0.25) is 14.4 Å². The van der Waals surface area contributed by atoms with E-state index in [9.17, 15) is 27.6 Å². The van der Waals surface area contributed by atoms with Gasteiger partial charge in [0, 0.05) is 35.4 Å². The number of aromatic nitrogens is 1. The molecule has 292 valence electrons. The van der Waals surface area contributed by atoms with Gasteiger partial charge in [-0.25, -0.2) is 18.2 Å². The van der Waals surface area contributed by atoms with Gasteiger partial charge >= 0.3 is 6.09 Å². The van der Waals surface area contributed by atoms with Crippen molar-refractivity contribution in [3.05, 3.63) is 66.7 Å². The first-order chi connectivity index (χ1) is 26.1. The summed E-state index contributed by atoms with van der Waals surface area (Å²) in [7, 11) is -2.32. The molecule has 3 fully saturated rings. The Kier molecular flexibility index (Phi) is 9.81. The van der Waals surface area contributed by atoms with E-state index in [0.717, 1.165) is 10.5 Å². The van der Waals surface area contributed by atoms with Crippen molar-refractivity contribution in [2.45, 2.75) is 99.1 Å². The Morgan fingerprint density at radius 3 is 2.45 bits per heavy atom. The molecule has 1 aromatic heterocycles. The van der Waals surface area contributed by atoms with E-state index in [0.29, 0.717) is 53.8 Å². The zero-order valence-electron chi connectivity index (χ0n) is 31.4. The van der Waals surface area contributed by atoms with E-state index < -0.39 is 73.0 Å². The number of sulfone groups is 1. The predicted octanol–water partition coefficient (Wildman–Crippen LogP) is 4.16. The molecule has 2 aliphatic carbocycles. The summed E-state index contributed by atoms with van der Waals surface area (Å²) in [4.78, 5) is 60.7. The molecule has 3 heterocycles. The number of nitrogens with zero attached hydrogens (tertiary/aromatic N) is 2. The fraction of sp³-hybridized carbons (Fsp3) is 0.475. The molecule has 4 aliphatic rings. The summed E-state index contributed by atoms with van der Waals surface area (Å²) in [5.41, 5.74) is 4.84. The van der Waals surface area contributed by atoms with Gasteiger partial charge < -0.3 is 35.5 Å².